The normalized spacial score (nSPS) is 26.3. The van der Waals surface area contributed by atoms with E-state index in [1.807, 2.05) is 0 Å². The molecule has 2 heterocycles. The SMILES string of the molecule is NNC(=O)c1cn(CCN2CCCC3CCCCC32)nn1. The topological polar surface area (TPSA) is 89.1 Å². The molecule has 0 aromatic carbocycles. The van der Waals surface area contributed by atoms with Gasteiger partial charge in [0, 0.05) is 12.6 Å². The van der Waals surface area contributed by atoms with E-state index in [4.69, 9.17) is 5.84 Å². The van der Waals surface area contributed by atoms with Gasteiger partial charge in [0.05, 0.1) is 12.7 Å². The first-order valence-corrected chi connectivity index (χ1v) is 7.93. The number of nitrogens with zero attached hydrogens (tertiary/aromatic N) is 4. The highest BCUT2D eigenvalue weighted by Crippen LogP contribution is 2.34. The minimum absolute atomic E-state index is 0.270. The van der Waals surface area contributed by atoms with Crippen LogP contribution in [0.1, 0.15) is 49.0 Å². The molecule has 1 aromatic heterocycles. The average Bonchev–Trinajstić information content (AvgIpc) is 3.01. The second-order valence-electron chi connectivity index (χ2n) is 6.13. The first-order chi connectivity index (χ1) is 10.3. The van der Waals surface area contributed by atoms with Crippen LogP contribution >= 0.6 is 0 Å². The molecule has 3 N–H and O–H groups in total. The van der Waals surface area contributed by atoms with E-state index in [0.717, 1.165) is 25.0 Å². The van der Waals surface area contributed by atoms with Gasteiger partial charge in [-0.15, -0.1) is 5.10 Å². The molecule has 1 aliphatic carbocycles. The van der Waals surface area contributed by atoms with Crippen molar-refractivity contribution in [2.24, 2.45) is 11.8 Å². The van der Waals surface area contributed by atoms with Crippen LogP contribution in [0.5, 0.6) is 0 Å². The molecule has 2 unspecified atom stereocenters. The Labute approximate surface area is 124 Å². The Balaban J connectivity index is 1.56. The fourth-order valence-electron chi connectivity index (χ4n) is 3.82. The Morgan fingerprint density at radius 1 is 1.29 bits per heavy atom. The van der Waals surface area contributed by atoms with Gasteiger partial charge in [0.15, 0.2) is 5.69 Å². The number of amides is 1. The number of likely N-dealkylation sites (tertiary alicyclic amines) is 1. The minimum Gasteiger partial charge on any atom is -0.298 e. The molecule has 1 amide bonds. The highest BCUT2D eigenvalue weighted by molar-refractivity contribution is 5.91. The fraction of sp³-hybridized carbons (Fsp3) is 0.786. The van der Waals surface area contributed by atoms with Crippen molar-refractivity contribution in [2.75, 3.05) is 13.1 Å². The van der Waals surface area contributed by atoms with Gasteiger partial charge in [0.1, 0.15) is 0 Å². The summed E-state index contributed by atoms with van der Waals surface area (Å²) in [6, 6.07) is 0.753. The second kappa shape index (κ2) is 6.53. The Bertz CT molecular complexity index is 486. The van der Waals surface area contributed by atoms with E-state index in [-0.39, 0.29) is 5.69 Å². The van der Waals surface area contributed by atoms with Crippen molar-refractivity contribution in [3.63, 3.8) is 0 Å². The first-order valence-electron chi connectivity index (χ1n) is 7.93. The van der Waals surface area contributed by atoms with Gasteiger partial charge in [-0.2, -0.15) is 0 Å². The standard InChI is InChI=1S/C14H24N6O/c15-16-14(21)12-10-20(18-17-12)9-8-19-7-3-5-11-4-1-2-6-13(11)19/h10-11,13H,1-9,15H2,(H,16,21). The minimum atomic E-state index is -0.397. The zero-order valence-corrected chi connectivity index (χ0v) is 12.4. The van der Waals surface area contributed by atoms with Crippen molar-refractivity contribution in [3.8, 4) is 0 Å². The fourth-order valence-corrected chi connectivity index (χ4v) is 3.82. The van der Waals surface area contributed by atoms with Gasteiger partial charge in [-0.25, -0.2) is 5.84 Å². The van der Waals surface area contributed by atoms with Gasteiger partial charge in [-0.05, 0) is 38.1 Å². The quantitative estimate of drug-likeness (QED) is 0.480. The van der Waals surface area contributed by atoms with E-state index < -0.39 is 5.91 Å². The van der Waals surface area contributed by atoms with Crippen LogP contribution in [-0.2, 0) is 6.54 Å². The number of carbonyl (C=O) groups is 1. The van der Waals surface area contributed by atoms with E-state index >= 15 is 0 Å². The third-order valence-electron chi connectivity index (χ3n) is 4.88. The molecule has 2 atom stereocenters. The van der Waals surface area contributed by atoms with Crippen molar-refractivity contribution in [3.05, 3.63) is 11.9 Å². The van der Waals surface area contributed by atoms with Crippen molar-refractivity contribution in [1.29, 1.82) is 0 Å². The number of hydrazine groups is 1. The molecule has 0 bridgehead atoms. The molecular weight excluding hydrogens is 268 g/mol. The molecule has 1 saturated heterocycles. The van der Waals surface area contributed by atoms with Gasteiger partial charge >= 0.3 is 0 Å². The molecule has 7 heteroatoms. The van der Waals surface area contributed by atoms with Crippen LogP contribution in [0.4, 0.5) is 0 Å². The summed E-state index contributed by atoms with van der Waals surface area (Å²) in [4.78, 5) is 14.0. The van der Waals surface area contributed by atoms with Crippen LogP contribution in [-0.4, -0.2) is 44.9 Å². The molecule has 21 heavy (non-hydrogen) atoms. The highest BCUT2D eigenvalue weighted by Gasteiger charge is 2.32. The Morgan fingerprint density at radius 3 is 2.95 bits per heavy atom. The number of fused-ring (bicyclic) bond motifs is 1. The van der Waals surface area contributed by atoms with E-state index in [0.29, 0.717) is 0 Å². The third-order valence-corrected chi connectivity index (χ3v) is 4.88. The monoisotopic (exact) mass is 292 g/mol. The Hall–Kier alpha value is -1.47. The molecule has 0 spiro atoms. The van der Waals surface area contributed by atoms with Crippen molar-refractivity contribution >= 4 is 5.91 Å². The smallest absolute Gasteiger partial charge is 0.287 e. The summed E-state index contributed by atoms with van der Waals surface area (Å²) in [6.07, 6.45) is 9.85. The number of hydrogen-bond donors (Lipinski definition) is 2. The lowest BCUT2D eigenvalue weighted by Gasteiger charge is -2.44. The summed E-state index contributed by atoms with van der Waals surface area (Å²) in [5, 5.41) is 7.83. The Kier molecular flexibility index (Phi) is 4.50. The van der Waals surface area contributed by atoms with Crippen LogP contribution in [0.3, 0.4) is 0 Å². The van der Waals surface area contributed by atoms with Gasteiger partial charge in [0.25, 0.3) is 5.91 Å². The number of nitrogens with one attached hydrogen (secondary N) is 1. The van der Waals surface area contributed by atoms with Gasteiger partial charge in [-0.1, -0.05) is 18.1 Å². The summed E-state index contributed by atoms with van der Waals surface area (Å²) in [5.41, 5.74) is 2.34. The van der Waals surface area contributed by atoms with Crippen LogP contribution < -0.4 is 11.3 Å². The largest absolute Gasteiger partial charge is 0.298 e. The zero-order valence-electron chi connectivity index (χ0n) is 12.4. The lowest BCUT2D eigenvalue weighted by molar-refractivity contribution is 0.0573. The van der Waals surface area contributed by atoms with E-state index in [1.54, 1.807) is 10.9 Å². The number of hydrogen-bond acceptors (Lipinski definition) is 5. The lowest BCUT2D eigenvalue weighted by Crippen LogP contribution is -2.47. The van der Waals surface area contributed by atoms with Crippen molar-refractivity contribution < 1.29 is 4.79 Å². The lowest BCUT2D eigenvalue weighted by atomic mass is 9.78. The number of nitrogen functional groups attached to an aromatic ring is 1. The molecule has 2 aliphatic rings. The van der Waals surface area contributed by atoms with Gasteiger partial charge < -0.3 is 0 Å². The molecule has 1 saturated carbocycles. The summed E-state index contributed by atoms with van der Waals surface area (Å²) >= 11 is 0. The van der Waals surface area contributed by atoms with E-state index in [9.17, 15) is 4.79 Å². The Morgan fingerprint density at radius 2 is 2.10 bits per heavy atom. The van der Waals surface area contributed by atoms with Crippen molar-refractivity contribution in [2.45, 2.75) is 51.1 Å². The average molecular weight is 292 g/mol. The second-order valence-corrected chi connectivity index (χ2v) is 6.13. The van der Waals surface area contributed by atoms with Gasteiger partial charge in [-0.3, -0.25) is 19.8 Å². The molecule has 116 valence electrons. The molecule has 2 fully saturated rings. The molecule has 1 aromatic rings. The van der Waals surface area contributed by atoms with Crippen LogP contribution in [0.25, 0.3) is 0 Å². The maximum absolute atomic E-state index is 11.4. The molecule has 0 radical (unpaired) electrons. The first kappa shape index (κ1) is 14.5. The van der Waals surface area contributed by atoms with Gasteiger partial charge in [0.2, 0.25) is 0 Å². The number of rotatable bonds is 4. The third kappa shape index (κ3) is 3.24. The van der Waals surface area contributed by atoms with Crippen LogP contribution in [0.2, 0.25) is 0 Å². The van der Waals surface area contributed by atoms with Crippen LogP contribution in [0, 0.1) is 5.92 Å². The highest BCUT2D eigenvalue weighted by atomic mass is 16.2. The molecule has 7 nitrogen and oxygen atoms in total. The molecular formula is C14H24N6O. The van der Waals surface area contributed by atoms with Crippen molar-refractivity contribution in [1.82, 2.24) is 25.3 Å². The van der Waals surface area contributed by atoms with E-state index in [1.165, 1.54) is 45.1 Å². The number of piperidine rings is 1. The molecule has 1 aliphatic heterocycles. The summed E-state index contributed by atoms with van der Waals surface area (Å²) in [7, 11) is 0. The summed E-state index contributed by atoms with van der Waals surface area (Å²) in [5.74, 6) is 5.59. The summed E-state index contributed by atoms with van der Waals surface area (Å²) < 4.78 is 1.73. The van der Waals surface area contributed by atoms with Crippen LogP contribution in [0.15, 0.2) is 6.20 Å². The maximum Gasteiger partial charge on any atom is 0.287 e. The van der Waals surface area contributed by atoms with E-state index in [2.05, 4.69) is 20.6 Å². The summed E-state index contributed by atoms with van der Waals surface area (Å²) in [6.45, 7) is 2.94. The number of aromatic nitrogens is 3. The molecule has 3 rings (SSSR count). The zero-order chi connectivity index (χ0) is 14.7. The number of carbonyl (C=O) groups excluding carboxylic acids is 1. The predicted octanol–water partition coefficient (Wildman–Crippen LogP) is 0.536. The predicted molar refractivity (Wildman–Crippen MR) is 78.2 cm³/mol. The number of nitrogens with two attached hydrogens (primary N) is 1. The maximum atomic E-state index is 11.4.